The highest BCUT2D eigenvalue weighted by Crippen LogP contribution is 2.15. The van der Waals surface area contributed by atoms with Crippen LogP contribution in [0.4, 0.5) is 5.69 Å². The van der Waals surface area contributed by atoms with E-state index in [0.717, 1.165) is 17.1 Å². The molecule has 0 saturated heterocycles. The normalized spacial score (nSPS) is 13.9. The maximum atomic E-state index is 12.0. The average molecular weight is 290 g/mol. The Labute approximate surface area is 124 Å². The lowest BCUT2D eigenvalue weighted by molar-refractivity contribution is -0.115. The van der Waals surface area contributed by atoms with E-state index in [4.69, 9.17) is 0 Å². The summed E-state index contributed by atoms with van der Waals surface area (Å²) in [6, 6.07) is 2.19. The fraction of sp³-hybridized carbons (Fsp3) is 0.500. The topological polar surface area (TPSA) is 87.6 Å². The molecule has 7 nitrogen and oxygen atoms in total. The Morgan fingerprint density at radius 3 is 2.76 bits per heavy atom. The monoisotopic (exact) mass is 290 g/mol. The van der Waals surface area contributed by atoms with E-state index in [1.54, 1.807) is 6.20 Å². The first kappa shape index (κ1) is 15.2. The molecule has 0 aliphatic rings. The number of anilines is 1. The molecule has 0 spiro atoms. The first-order chi connectivity index (χ1) is 9.99. The molecule has 7 heteroatoms. The molecule has 114 valence electrons. The van der Waals surface area contributed by atoms with E-state index in [-0.39, 0.29) is 24.5 Å². The molecule has 0 aliphatic heterocycles. The van der Waals surface area contributed by atoms with Gasteiger partial charge in [0, 0.05) is 18.4 Å². The Balaban J connectivity index is 1.84. The van der Waals surface area contributed by atoms with Crippen LogP contribution in [-0.4, -0.2) is 38.5 Å². The van der Waals surface area contributed by atoms with Crippen LogP contribution < -0.4 is 10.6 Å². The second kappa shape index (κ2) is 6.53. The van der Waals surface area contributed by atoms with Crippen molar-refractivity contribution in [1.82, 2.24) is 25.3 Å². The van der Waals surface area contributed by atoms with E-state index in [2.05, 4.69) is 32.9 Å². The van der Waals surface area contributed by atoms with E-state index >= 15 is 0 Å². The van der Waals surface area contributed by atoms with E-state index in [0.29, 0.717) is 0 Å². The zero-order valence-corrected chi connectivity index (χ0v) is 12.8. The molecule has 21 heavy (non-hydrogen) atoms. The number of carbonyl (C=O) groups is 1. The van der Waals surface area contributed by atoms with Crippen molar-refractivity contribution in [2.24, 2.45) is 0 Å². The number of carbonyl (C=O) groups excluding carboxylic acids is 1. The van der Waals surface area contributed by atoms with Crippen molar-refractivity contribution < 1.29 is 4.79 Å². The first-order valence-corrected chi connectivity index (χ1v) is 7.03. The number of hydrogen-bond donors (Lipinski definition) is 3. The van der Waals surface area contributed by atoms with Gasteiger partial charge in [-0.15, -0.1) is 0 Å². The number of aryl methyl sites for hydroxylation is 2. The van der Waals surface area contributed by atoms with Gasteiger partial charge in [-0.1, -0.05) is 0 Å². The quantitative estimate of drug-likeness (QED) is 0.750. The summed E-state index contributed by atoms with van der Waals surface area (Å²) >= 11 is 0. The second-order valence-electron chi connectivity index (χ2n) is 5.25. The SMILES string of the molecule is Cc1n[nH]c(C)c1NC(=O)CNC(C)C(C)n1cccn1. The van der Waals surface area contributed by atoms with Gasteiger partial charge in [0.2, 0.25) is 5.91 Å². The smallest absolute Gasteiger partial charge is 0.238 e. The molecule has 2 aromatic rings. The van der Waals surface area contributed by atoms with Gasteiger partial charge >= 0.3 is 0 Å². The van der Waals surface area contributed by atoms with Gasteiger partial charge in [0.25, 0.3) is 0 Å². The number of aromatic amines is 1. The standard InChI is InChI=1S/C14H22N6O/c1-9(12(4)20-7-5-6-16-20)15-8-13(21)17-14-10(2)18-19-11(14)3/h5-7,9,12,15H,8H2,1-4H3,(H,17,21)(H,18,19). The predicted octanol–water partition coefficient (Wildman–Crippen LogP) is 1.40. The highest BCUT2D eigenvalue weighted by molar-refractivity contribution is 5.93. The predicted molar refractivity (Wildman–Crippen MR) is 81.1 cm³/mol. The minimum atomic E-state index is -0.0814. The summed E-state index contributed by atoms with van der Waals surface area (Å²) in [6.07, 6.45) is 3.67. The Kier molecular flexibility index (Phi) is 4.74. The molecule has 1 amide bonds. The number of hydrogen-bond acceptors (Lipinski definition) is 4. The van der Waals surface area contributed by atoms with Crippen molar-refractivity contribution in [1.29, 1.82) is 0 Å². The fourth-order valence-corrected chi connectivity index (χ4v) is 2.09. The van der Waals surface area contributed by atoms with Crippen LogP contribution in [0.5, 0.6) is 0 Å². The Morgan fingerprint density at radius 2 is 2.19 bits per heavy atom. The van der Waals surface area contributed by atoms with Crippen LogP contribution in [0.1, 0.15) is 31.3 Å². The van der Waals surface area contributed by atoms with Crippen molar-refractivity contribution in [3.63, 3.8) is 0 Å². The van der Waals surface area contributed by atoms with E-state index < -0.39 is 0 Å². The summed E-state index contributed by atoms with van der Waals surface area (Å²) in [5.41, 5.74) is 2.41. The third-order valence-corrected chi connectivity index (χ3v) is 3.64. The van der Waals surface area contributed by atoms with E-state index in [9.17, 15) is 4.79 Å². The third kappa shape index (κ3) is 3.69. The molecule has 2 atom stereocenters. The van der Waals surface area contributed by atoms with Gasteiger partial charge < -0.3 is 10.6 Å². The van der Waals surface area contributed by atoms with Crippen LogP contribution >= 0.6 is 0 Å². The van der Waals surface area contributed by atoms with Gasteiger partial charge in [-0.25, -0.2) is 0 Å². The second-order valence-corrected chi connectivity index (χ2v) is 5.25. The summed E-state index contributed by atoms with van der Waals surface area (Å²) < 4.78 is 1.87. The molecule has 0 aromatic carbocycles. The van der Waals surface area contributed by atoms with E-state index in [1.165, 1.54) is 0 Å². The lowest BCUT2D eigenvalue weighted by atomic mass is 10.2. The largest absolute Gasteiger partial charge is 0.322 e. The number of nitrogens with zero attached hydrogens (tertiary/aromatic N) is 3. The van der Waals surface area contributed by atoms with Crippen LogP contribution in [0.3, 0.4) is 0 Å². The Morgan fingerprint density at radius 1 is 1.43 bits per heavy atom. The molecule has 0 bridgehead atoms. The lowest BCUT2D eigenvalue weighted by Crippen LogP contribution is -2.39. The number of rotatable bonds is 6. The van der Waals surface area contributed by atoms with Gasteiger partial charge in [0.1, 0.15) is 0 Å². The van der Waals surface area contributed by atoms with Crippen LogP contribution in [-0.2, 0) is 4.79 Å². The summed E-state index contributed by atoms with van der Waals surface area (Å²) in [6.45, 7) is 8.08. The third-order valence-electron chi connectivity index (χ3n) is 3.64. The van der Waals surface area contributed by atoms with Gasteiger partial charge in [0.05, 0.1) is 29.7 Å². The fourth-order valence-electron chi connectivity index (χ4n) is 2.09. The minimum Gasteiger partial charge on any atom is -0.322 e. The summed E-state index contributed by atoms with van der Waals surface area (Å²) in [4.78, 5) is 12.0. The highest BCUT2D eigenvalue weighted by Gasteiger charge is 2.16. The zero-order valence-electron chi connectivity index (χ0n) is 12.8. The summed E-state index contributed by atoms with van der Waals surface area (Å²) in [7, 11) is 0. The van der Waals surface area contributed by atoms with E-state index in [1.807, 2.05) is 37.7 Å². The lowest BCUT2D eigenvalue weighted by Gasteiger charge is -2.21. The van der Waals surface area contributed by atoms with Crippen molar-refractivity contribution in [2.75, 3.05) is 11.9 Å². The molecule has 0 fully saturated rings. The first-order valence-electron chi connectivity index (χ1n) is 7.03. The van der Waals surface area contributed by atoms with Crippen molar-refractivity contribution in [3.8, 4) is 0 Å². The summed E-state index contributed by atoms with van der Waals surface area (Å²) in [5, 5.41) is 17.2. The summed E-state index contributed by atoms with van der Waals surface area (Å²) in [5.74, 6) is -0.0814. The number of aromatic nitrogens is 4. The molecular weight excluding hydrogens is 268 g/mol. The van der Waals surface area contributed by atoms with Crippen molar-refractivity contribution in [2.45, 2.75) is 39.8 Å². The maximum Gasteiger partial charge on any atom is 0.238 e. The molecule has 2 heterocycles. The number of H-pyrrole nitrogens is 1. The van der Waals surface area contributed by atoms with Crippen LogP contribution in [0.25, 0.3) is 0 Å². The van der Waals surface area contributed by atoms with Crippen LogP contribution in [0, 0.1) is 13.8 Å². The Hall–Kier alpha value is -2.15. The molecule has 0 aliphatic carbocycles. The molecule has 2 aromatic heterocycles. The van der Waals surface area contributed by atoms with Crippen molar-refractivity contribution in [3.05, 3.63) is 29.8 Å². The average Bonchev–Trinajstić information content (AvgIpc) is 3.09. The number of nitrogens with one attached hydrogen (secondary N) is 3. The molecule has 0 saturated carbocycles. The molecule has 2 rings (SSSR count). The molecule has 2 unspecified atom stereocenters. The maximum absolute atomic E-state index is 12.0. The van der Waals surface area contributed by atoms with Crippen LogP contribution in [0.15, 0.2) is 18.5 Å². The Bertz CT molecular complexity index is 569. The van der Waals surface area contributed by atoms with Gasteiger partial charge in [-0.2, -0.15) is 10.2 Å². The zero-order chi connectivity index (χ0) is 15.4. The highest BCUT2D eigenvalue weighted by atomic mass is 16.1. The van der Waals surface area contributed by atoms with Crippen molar-refractivity contribution >= 4 is 11.6 Å². The molecule has 0 radical (unpaired) electrons. The van der Waals surface area contributed by atoms with Gasteiger partial charge in [0.15, 0.2) is 0 Å². The van der Waals surface area contributed by atoms with Gasteiger partial charge in [-0.3, -0.25) is 14.6 Å². The van der Waals surface area contributed by atoms with Crippen LogP contribution in [0.2, 0.25) is 0 Å². The minimum absolute atomic E-state index is 0.0814. The number of amides is 1. The molecule has 3 N–H and O–H groups in total. The molecular formula is C14H22N6O. The van der Waals surface area contributed by atoms with Gasteiger partial charge in [-0.05, 0) is 33.8 Å².